The van der Waals surface area contributed by atoms with Crippen molar-refractivity contribution in [2.75, 3.05) is 16.3 Å². The average Bonchev–Trinajstić information content (AvgIpc) is 2.93. The van der Waals surface area contributed by atoms with Gasteiger partial charge in [0.1, 0.15) is 0 Å². The molecule has 7 nitrogen and oxygen atoms in total. The first-order valence-corrected chi connectivity index (χ1v) is 13.8. The number of nitrogens with zero attached hydrogens (tertiary/aromatic N) is 2. The lowest BCUT2D eigenvalue weighted by molar-refractivity contribution is 0.213. The largest absolute Gasteiger partial charge is 0.453 e. The molecule has 0 spiro atoms. The maximum Gasteiger partial charge on any atom is 0.259 e. The molecule has 9 heteroatoms. The van der Waals surface area contributed by atoms with E-state index in [-0.39, 0.29) is 0 Å². The number of benzene rings is 4. The normalized spacial score (nSPS) is 14.1. The van der Waals surface area contributed by atoms with Gasteiger partial charge in [-0.3, -0.25) is 0 Å². The maximum absolute atomic E-state index is 12.0. The van der Waals surface area contributed by atoms with Crippen LogP contribution in [-0.2, 0) is 21.6 Å². The van der Waals surface area contributed by atoms with Crippen molar-refractivity contribution in [3.63, 3.8) is 0 Å². The minimum atomic E-state index is -3.14. The second-order valence-electron chi connectivity index (χ2n) is 8.96. The van der Waals surface area contributed by atoms with Crippen molar-refractivity contribution in [2.45, 2.75) is 26.0 Å². The number of rotatable bonds is 7. The van der Waals surface area contributed by atoms with Crippen LogP contribution in [0.3, 0.4) is 0 Å². The number of anilines is 4. The molecular weight excluding hydrogens is 524 g/mol. The van der Waals surface area contributed by atoms with Crippen LogP contribution in [0.25, 0.3) is 0 Å². The summed E-state index contributed by atoms with van der Waals surface area (Å²) in [5.74, 6) is 2.68. The summed E-state index contributed by atoms with van der Waals surface area (Å²) in [4.78, 5) is 4.04. The highest BCUT2D eigenvalue weighted by Gasteiger charge is 2.34. The van der Waals surface area contributed by atoms with Crippen LogP contribution in [-0.4, -0.2) is 21.2 Å². The van der Waals surface area contributed by atoms with Gasteiger partial charge in [-0.1, -0.05) is 54.9 Å². The summed E-state index contributed by atoms with van der Waals surface area (Å²) < 4.78 is 42.0. The van der Waals surface area contributed by atoms with E-state index >= 15 is 0 Å². The number of hydrogen-bond donors (Lipinski definition) is 1. The molecule has 194 valence electrons. The summed E-state index contributed by atoms with van der Waals surface area (Å²) in [6.07, 6.45) is 0.254. The highest BCUT2D eigenvalue weighted by molar-refractivity contribution is 7.67. The molecule has 0 fully saturated rings. The molecule has 2 aliphatic heterocycles. The van der Waals surface area contributed by atoms with Gasteiger partial charge in [-0.2, -0.15) is 0 Å². The van der Waals surface area contributed by atoms with Crippen LogP contribution in [0.1, 0.15) is 18.9 Å². The number of para-hydroxylation sites is 5. The molecule has 1 atom stereocenters. The zero-order valence-electron chi connectivity index (χ0n) is 20.5. The summed E-state index contributed by atoms with van der Waals surface area (Å²) in [5, 5.41) is 0.579. The van der Waals surface area contributed by atoms with E-state index in [4.69, 9.17) is 25.3 Å². The van der Waals surface area contributed by atoms with Crippen LogP contribution in [0.4, 0.5) is 22.7 Å². The molecule has 0 radical (unpaired) electrons. The lowest BCUT2D eigenvalue weighted by Crippen LogP contribution is -2.38. The molecule has 4 aromatic rings. The third kappa shape index (κ3) is 4.45. The molecule has 4 aromatic carbocycles. The van der Waals surface area contributed by atoms with E-state index in [0.29, 0.717) is 41.0 Å². The lowest BCUT2D eigenvalue weighted by atomic mass is 10.0. The monoisotopic (exact) mass is 548 g/mol. The minimum absolute atomic E-state index is 0.343. The number of aryl methyl sites for hydroxylation is 1. The summed E-state index contributed by atoms with van der Waals surface area (Å²) in [7, 11) is -3.14. The van der Waals surface area contributed by atoms with Crippen LogP contribution in [0, 0.1) is 0 Å². The summed E-state index contributed by atoms with van der Waals surface area (Å²) >= 11 is 6.36. The van der Waals surface area contributed by atoms with E-state index in [1.54, 1.807) is 6.07 Å². The molecule has 2 heterocycles. The molecule has 0 saturated heterocycles. The van der Waals surface area contributed by atoms with Gasteiger partial charge in [0.2, 0.25) is 0 Å². The molecule has 0 aromatic heterocycles. The molecule has 0 amide bonds. The fourth-order valence-corrected chi connectivity index (χ4v) is 5.67. The van der Waals surface area contributed by atoms with Crippen LogP contribution >= 0.6 is 11.6 Å². The lowest BCUT2D eigenvalue weighted by Gasteiger charge is -2.39. The first-order chi connectivity index (χ1) is 18.5. The smallest absolute Gasteiger partial charge is 0.259 e. The first kappa shape index (κ1) is 24.6. The number of ether oxygens (including phenoxy) is 2. The quantitative estimate of drug-likeness (QED) is 0.242. The Balaban J connectivity index is 1.43. The second kappa shape index (κ2) is 10.2. The second-order valence-corrected chi connectivity index (χ2v) is 10.1. The first-order valence-electron chi connectivity index (χ1n) is 12.4. The van der Waals surface area contributed by atoms with Crippen molar-refractivity contribution >= 4 is 45.3 Å². The van der Waals surface area contributed by atoms with Crippen molar-refractivity contribution in [3.8, 4) is 23.0 Å². The topological polar surface area (TPSA) is 68.3 Å². The molecule has 1 unspecified atom stereocenters. The van der Waals surface area contributed by atoms with Gasteiger partial charge in [0.25, 0.3) is 11.0 Å². The number of thiol groups is 1. The number of fused-ring (bicyclic) bond motifs is 4. The highest BCUT2D eigenvalue weighted by Crippen LogP contribution is 2.51. The van der Waals surface area contributed by atoms with Gasteiger partial charge in [-0.05, 0) is 60.5 Å². The Morgan fingerprint density at radius 2 is 1.47 bits per heavy atom. The molecule has 0 saturated carbocycles. The summed E-state index contributed by atoms with van der Waals surface area (Å²) in [6, 6.07) is 26.6. The Labute approximate surface area is 227 Å². The van der Waals surface area contributed by atoms with Crippen LogP contribution in [0.5, 0.6) is 23.0 Å². The summed E-state index contributed by atoms with van der Waals surface area (Å²) in [6.45, 7) is 2.49. The number of hydrogen-bond acceptors (Lipinski definition) is 7. The van der Waals surface area contributed by atoms with Gasteiger partial charge in [0.15, 0.2) is 29.2 Å². The Morgan fingerprint density at radius 1 is 0.816 bits per heavy atom. The van der Waals surface area contributed by atoms with Crippen molar-refractivity contribution in [2.24, 2.45) is 0 Å². The van der Waals surface area contributed by atoms with Crippen molar-refractivity contribution in [1.29, 1.82) is 0 Å². The molecule has 0 aliphatic carbocycles. The van der Waals surface area contributed by atoms with E-state index < -0.39 is 17.2 Å². The predicted molar refractivity (Wildman–Crippen MR) is 149 cm³/mol. The van der Waals surface area contributed by atoms with Crippen molar-refractivity contribution in [3.05, 3.63) is 95.5 Å². The van der Waals surface area contributed by atoms with E-state index in [2.05, 4.69) is 11.8 Å². The molecule has 6 rings (SSSR count). The van der Waals surface area contributed by atoms with Gasteiger partial charge in [0.05, 0.1) is 22.7 Å². The Morgan fingerprint density at radius 3 is 2.24 bits per heavy atom. The SMILES string of the molecule is CCc1cccc2c1N(C(CCN1c3ccccc3Oc3ccc(Cl)cc31)O[SH](=O)=O)c1ccccc1O2. The van der Waals surface area contributed by atoms with Gasteiger partial charge in [-0.15, -0.1) is 0 Å². The average molecular weight is 549 g/mol. The Bertz CT molecular complexity index is 1580. The third-order valence-corrected chi connectivity index (χ3v) is 7.38. The zero-order chi connectivity index (χ0) is 26.2. The molecule has 0 bridgehead atoms. The Kier molecular flexibility index (Phi) is 6.61. The predicted octanol–water partition coefficient (Wildman–Crippen LogP) is 7.35. The van der Waals surface area contributed by atoms with Crippen molar-refractivity contribution < 1.29 is 22.1 Å². The van der Waals surface area contributed by atoms with E-state index in [0.717, 1.165) is 34.7 Å². The van der Waals surface area contributed by atoms with E-state index in [9.17, 15) is 8.42 Å². The molecule has 38 heavy (non-hydrogen) atoms. The van der Waals surface area contributed by atoms with Gasteiger partial charge in [0, 0.05) is 18.0 Å². The van der Waals surface area contributed by atoms with Gasteiger partial charge >= 0.3 is 0 Å². The molecular formula is C29H25ClN2O5S. The molecule has 2 aliphatic rings. The fourth-order valence-electron chi connectivity index (χ4n) is 5.10. The minimum Gasteiger partial charge on any atom is -0.453 e. The third-order valence-electron chi connectivity index (χ3n) is 6.73. The maximum atomic E-state index is 12.0. The Hall–Kier alpha value is -3.72. The fraction of sp³-hybridized carbons (Fsp3) is 0.172. The highest BCUT2D eigenvalue weighted by atomic mass is 35.5. The zero-order valence-corrected chi connectivity index (χ0v) is 22.2. The van der Waals surface area contributed by atoms with Gasteiger partial charge < -0.3 is 19.3 Å². The van der Waals surface area contributed by atoms with Crippen LogP contribution in [0.15, 0.2) is 84.9 Å². The number of halogens is 1. The summed E-state index contributed by atoms with van der Waals surface area (Å²) in [5.41, 5.74) is 4.25. The van der Waals surface area contributed by atoms with Crippen LogP contribution < -0.4 is 19.3 Å². The van der Waals surface area contributed by atoms with Gasteiger partial charge in [-0.25, -0.2) is 12.6 Å². The van der Waals surface area contributed by atoms with Crippen LogP contribution in [0.2, 0.25) is 5.02 Å². The standard InChI is InChI=1S/C29H25ClN2O5S/c1-2-19-8-7-13-27-29(19)32(22-10-4-6-12-25(22)36-27)28(37-38(33)34)16-17-31-21-9-3-5-11-24(21)35-26-15-14-20(30)18-23(26)31/h3-15,18,28,38H,2,16-17H2,1H3. The van der Waals surface area contributed by atoms with E-state index in [1.807, 2.05) is 83.8 Å². The molecule has 0 N–H and O–H groups in total. The van der Waals surface area contributed by atoms with E-state index in [1.165, 1.54) is 0 Å². The van der Waals surface area contributed by atoms with Crippen molar-refractivity contribution in [1.82, 2.24) is 0 Å².